The second kappa shape index (κ2) is 12.7. The molecule has 0 radical (unpaired) electrons. The minimum Gasteiger partial charge on any atom is -0.490 e. The molecule has 0 aliphatic heterocycles. The van der Waals surface area contributed by atoms with Gasteiger partial charge in [-0.1, -0.05) is 92.2 Å². The molecule has 4 nitrogen and oxygen atoms in total. The molecule has 0 aromatic heterocycles. The Hall–Kier alpha value is -4.12. The predicted octanol–water partition coefficient (Wildman–Crippen LogP) is 7.93. The number of benzene rings is 4. The Morgan fingerprint density at radius 3 is 2.19 bits per heavy atom. The molecule has 4 rings (SSSR count). The molecule has 1 atom stereocenters. The Morgan fingerprint density at radius 1 is 0.919 bits per heavy atom. The third-order valence-corrected chi connectivity index (χ3v) is 6.19. The third kappa shape index (κ3) is 6.76. The summed E-state index contributed by atoms with van der Waals surface area (Å²) in [4.78, 5) is 13.3. The average molecular weight is 498 g/mol. The monoisotopic (exact) mass is 497 g/mol. The zero-order valence-electron chi connectivity index (χ0n) is 21.2. The topological polar surface area (TPSA) is 47.6 Å². The van der Waals surface area contributed by atoms with Gasteiger partial charge < -0.3 is 14.8 Å². The molecular formula is C32H32FNO3. The lowest BCUT2D eigenvalue weighted by Gasteiger charge is -2.24. The van der Waals surface area contributed by atoms with Crippen LogP contribution in [0.15, 0.2) is 97.1 Å². The van der Waals surface area contributed by atoms with E-state index in [1.165, 1.54) is 6.07 Å². The van der Waals surface area contributed by atoms with Gasteiger partial charge in [0.15, 0.2) is 5.75 Å². The Morgan fingerprint density at radius 2 is 1.54 bits per heavy atom. The van der Waals surface area contributed by atoms with Crippen LogP contribution in [0.3, 0.4) is 0 Å². The van der Waals surface area contributed by atoms with E-state index in [0.29, 0.717) is 30.2 Å². The van der Waals surface area contributed by atoms with Crippen LogP contribution in [0.1, 0.15) is 52.9 Å². The van der Waals surface area contributed by atoms with Crippen LogP contribution in [0.2, 0.25) is 0 Å². The minimum atomic E-state index is -0.655. The fourth-order valence-electron chi connectivity index (χ4n) is 4.17. The van der Waals surface area contributed by atoms with Crippen molar-refractivity contribution < 1.29 is 18.7 Å². The average Bonchev–Trinajstić information content (AvgIpc) is 2.92. The van der Waals surface area contributed by atoms with E-state index in [-0.39, 0.29) is 17.2 Å². The Bertz CT molecular complexity index is 1290. The van der Waals surface area contributed by atoms with Crippen molar-refractivity contribution in [3.8, 4) is 11.5 Å². The summed E-state index contributed by atoms with van der Waals surface area (Å²) in [5.74, 6) is -0.465. The number of halogens is 1. The smallest absolute Gasteiger partial charge is 0.347 e. The van der Waals surface area contributed by atoms with Crippen molar-refractivity contribution in [1.82, 2.24) is 0 Å². The SMILES string of the molecule is CCCCOc1c(NC(Cc2ccccc2)c2ccccc2)cc(F)c(C)c1C(=O)Oc1ccccc1. The molecule has 0 aliphatic rings. The normalized spacial score (nSPS) is 11.5. The van der Waals surface area contributed by atoms with Crippen LogP contribution in [-0.4, -0.2) is 12.6 Å². The summed E-state index contributed by atoms with van der Waals surface area (Å²) in [6, 6.07) is 30.1. The summed E-state index contributed by atoms with van der Waals surface area (Å²) in [5, 5.41) is 3.49. The molecule has 190 valence electrons. The highest BCUT2D eigenvalue weighted by atomic mass is 19.1. The van der Waals surface area contributed by atoms with E-state index >= 15 is 4.39 Å². The van der Waals surface area contributed by atoms with E-state index in [1.54, 1.807) is 31.2 Å². The zero-order valence-corrected chi connectivity index (χ0v) is 21.2. The van der Waals surface area contributed by atoms with Crippen molar-refractivity contribution in [2.45, 2.75) is 39.2 Å². The highest BCUT2D eigenvalue weighted by Crippen LogP contribution is 2.37. The largest absolute Gasteiger partial charge is 0.490 e. The maximum atomic E-state index is 15.3. The van der Waals surface area contributed by atoms with Crippen molar-refractivity contribution in [2.24, 2.45) is 0 Å². The summed E-state index contributed by atoms with van der Waals surface area (Å²) >= 11 is 0. The van der Waals surface area contributed by atoms with Crippen molar-refractivity contribution in [3.63, 3.8) is 0 Å². The maximum Gasteiger partial charge on any atom is 0.347 e. The molecule has 0 fully saturated rings. The van der Waals surface area contributed by atoms with Gasteiger partial charge >= 0.3 is 5.97 Å². The van der Waals surface area contributed by atoms with E-state index in [0.717, 1.165) is 24.0 Å². The highest BCUT2D eigenvalue weighted by molar-refractivity contribution is 5.98. The lowest BCUT2D eigenvalue weighted by atomic mass is 9.97. The van der Waals surface area contributed by atoms with Gasteiger partial charge in [0, 0.05) is 11.6 Å². The van der Waals surface area contributed by atoms with E-state index in [9.17, 15) is 4.79 Å². The summed E-state index contributed by atoms with van der Waals surface area (Å²) in [7, 11) is 0. The van der Waals surface area contributed by atoms with E-state index < -0.39 is 11.8 Å². The van der Waals surface area contributed by atoms with Gasteiger partial charge in [0.2, 0.25) is 0 Å². The molecule has 4 aromatic carbocycles. The van der Waals surface area contributed by atoms with Gasteiger partial charge in [0.25, 0.3) is 0 Å². The number of anilines is 1. The molecule has 1 N–H and O–H groups in total. The number of ether oxygens (including phenoxy) is 2. The summed E-state index contributed by atoms with van der Waals surface area (Å²) in [5.41, 5.74) is 2.88. The fourth-order valence-corrected chi connectivity index (χ4v) is 4.17. The third-order valence-electron chi connectivity index (χ3n) is 6.19. The van der Waals surface area contributed by atoms with Crippen LogP contribution in [0, 0.1) is 12.7 Å². The molecule has 0 saturated heterocycles. The molecule has 0 saturated carbocycles. The number of carbonyl (C=O) groups is 1. The zero-order chi connectivity index (χ0) is 26.0. The standard InChI is InChI=1S/C32H32FNO3/c1-3-4-20-36-31-29(22-27(33)23(2)30(31)32(35)37-26-18-12-7-13-19-26)34-28(25-16-10-6-11-17-25)21-24-14-8-5-9-15-24/h5-19,22,28,34H,3-4,20-21H2,1-2H3. The molecule has 0 spiro atoms. The van der Waals surface area contributed by atoms with Gasteiger partial charge in [-0.3, -0.25) is 0 Å². The number of carbonyl (C=O) groups excluding carboxylic acids is 1. The minimum absolute atomic E-state index is 0.0916. The maximum absolute atomic E-state index is 15.3. The molecule has 5 heteroatoms. The summed E-state index contributed by atoms with van der Waals surface area (Å²) in [6.07, 6.45) is 2.39. The van der Waals surface area contributed by atoms with Crippen molar-refractivity contribution in [3.05, 3.63) is 125 Å². The van der Waals surface area contributed by atoms with Crippen LogP contribution in [0.5, 0.6) is 11.5 Å². The Kier molecular flexibility index (Phi) is 8.93. The lowest BCUT2D eigenvalue weighted by molar-refractivity contribution is 0.0728. The Labute approximate surface area is 218 Å². The van der Waals surface area contributed by atoms with E-state index in [1.807, 2.05) is 54.6 Å². The van der Waals surface area contributed by atoms with E-state index in [4.69, 9.17) is 9.47 Å². The van der Waals surface area contributed by atoms with Gasteiger partial charge in [-0.2, -0.15) is 0 Å². The summed E-state index contributed by atoms with van der Waals surface area (Å²) < 4.78 is 27.1. The number of hydrogen-bond donors (Lipinski definition) is 1. The molecule has 1 unspecified atom stereocenters. The predicted molar refractivity (Wildman–Crippen MR) is 146 cm³/mol. The molecule has 0 bridgehead atoms. The van der Waals surface area contributed by atoms with Gasteiger partial charge in [0.1, 0.15) is 17.1 Å². The second-order valence-electron chi connectivity index (χ2n) is 8.94. The first kappa shape index (κ1) is 26.0. The van der Waals surface area contributed by atoms with Crippen LogP contribution >= 0.6 is 0 Å². The van der Waals surface area contributed by atoms with Gasteiger partial charge in [-0.25, -0.2) is 9.18 Å². The van der Waals surface area contributed by atoms with Crippen molar-refractivity contribution >= 4 is 11.7 Å². The van der Waals surface area contributed by atoms with Crippen LogP contribution < -0.4 is 14.8 Å². The number of nitrogens with one attached hydrogen (secondary N) is 1. The molecular weight excluding hydrogens is 465 g/mol. The molecule has 0 amide bonds. The molecule has 37 heavy (non-hydrogen) atoms. The molecule has 4 aromatic rings. The van der Waals surface area contributed by atoms with Crippen LogP contribution in [0.25, 0.3) is 0 Å². The first-order valence-corrected chi connectivity index (χ1v) is 12.6. The Balaban J connectivity index is 1.75. The molecule has 0 aliphatic carbocycles. The van der Waals surface area contributed by atoms with Crippen molar-refractivity contribution in [2.75, 3.05) is 11.9 Å². The van der Waals surface area contributed by atoms with Crippen LogP contribution in [-0.2, 0) is 6.42 Å². The number of unbranched alkanes of at least 4 members (excludes halogenated alkanes) is 1. The van der Waals surface area contributed by atoms with Gasteiger partial charge in [-0.15, -0.1) is 0 Å². The van der Waals surface area contributed by atoms with E-state index in [2.05, 4.69) is 24.4 Å². The number of esters is 1. The number of hydrogen-bond acceptors (Lipinski definition) is 4. The highest BCUT2D eigenvalue weighted by Gasteiger charge is 2.26. The van der Waals surface area contributed by atoms with Gasteiger partial charge in [-0.05, 0) is 43.0 Å². The first-order chi connectivity index (χ1) is 18.1. The van der Waals surface area contributed by atoms with Crippen molar-refractivity contribution in [1.29, 1.82) is 0 Å². The quantitative estimate of drug-likeness (QED) is 0.130. The van der Waals surface area contributed by atoms with Gasteiger partial charge in [0.05, 0.1) is 18.3 Å². The van der Waals surface area contributed by atoms with Crippen LogP contribution in [0.4, 0.5) is 10.1 Å². The summed E-state index contributed by atoms with van der Waals surface area (Å²) in [6.45, 7) is 4.04. The number of para-hydroxylation sites is 1. The molecule has 0 heterocycles. The first-order valence-electron chi connectivity index (χ1n) is 12.6. The number of rotatable bonds is 11. The lowest BCUT2D eigenvalue weighted by Crippen LogP contribution is -2.19. The fraction of sp³-hybridized carbons (Fsp3) is 0.219. The second-order valence-corrected chi connectivity index (χ2v) is 8.94.